The van der Waals surface area contributed by atoms with Crippen LogP contribution in [0, 0.1) is 0 Å². The maximum atomic E-state index is 11.5. The lowest BCUT2D eigenvalue weighted by Crippen LogP contribution is -2.52. The summed E-state index contributed by atoms with van der Waals surface area (Å²) in [6.45, 7) is 4.38. The summed E-state index contributed by atoms with van der Waals surface area (Å²) in [6.07, 6.45) is 5.06. The minimum absolute atomic E-state index is 0.0380. The Morgan fingerprint density at radius 3 is 2.30 bits per heavy atom. The first-order chi connectivity index (χ1) is 9.29. The van der Waals surface area contributed by atoms with Crippen molar-refractivity contribution in [3.05, 3.63) is 18.0 Å². The van der Waals surface area contributed by atoms with Crippen molar-refractivity contribution in [2.24, 2.45) is 12.8 Å². The molecule has 114 valence electrons. The molecule has 2 rings (SSSR count). The average molecular weight is 301 g/mol. The molecule has 0 amide bonds. The number of piperazine rings is 1. The van der Waals surface area contributed by atoms with Crippen LogP contribution in [0.5, 0.6) is 0 Å². The van der Waals surface area contributed by atoms with Gasteiger partial charge in [0.1, 0.15) is 0 Å². The van der Waals surface area contributed by atoms with Gasteiger partial charge in [-0.05, 0) is 6.92 Å². The molecule has 2 unspecified atom stereocenters. The molecule has 1 aromatic heterocycles. The smallest absolute Gasteiger partial charge is 0.211 e. The van der Waals surface area contributed by atoms with Gasteiger partial charge in [0.05, 0.1) is 18.5 Å². The van der Waals surface area contributed by atoms with Gasteiger partial charge >= 0.3 is 0 Å². The maximum absolute atomic E-state index is 11.5. The zero-order chi connectivity index (χ0) is 14.9. The first kappa shape index (κ1) is 15.4. The molecule has 0 bridgehead atoms. The quantitative estimate of drug-likeness (QED) is 0.801. The van der Waals surface area contributed by atoms with E-state index in [4.69, 9.17) is 5.73 Å². The van der Waals surface area contributed by atoms with E-state index in [-0.39, 0.29) is 12.1 Å². The minimum atomic E-state index is -3.10. The van der Waals surface area contributed by atoms with Crippen molar-refractivity contribution < 1.29 is 8.42 Å². The van der Waals surface area contributed by atoms with Gasteiger partial charge in [-0.3, -0.25) is 9.58 Å². The molecule has 0 saturated carbocycles. The molecule has 2 N–H and O–H groups in total. The molecule has 0 aromatic carbocycles. The number of aromatic nitrogens is 2. The summed E-state index contributed by atoms with van der Waals surface area (Å²) in [5.41, 5.74) is 7.20. The monoisotopic (exact) mass is 301 g/mol. The summed E-state index contributed by atoms with van der Waals surface area (Å²) >= 11 is 0. The van der Waals surface area contributed by atoms with E-state index in [1.54, 1.807) is 4.68 Å². The molecule has 2 atom stereocenters. The Morgan fingerprint density at radius 1 is 1.30 bits per heavy atom. The highest BCUT2D eigenvalue weighted by Crippen LogP contribution is 2.24. The molecule has 8 heteroatoms. The van der Waals surface area contributed by atoms with Crippen LogP contribution >= 0.6 is 0 Å². The minimum Gasteiger partial charge on any atom is -0.326 e. The van der Waals surface area contributed by atoms with Crippen LogP contribution in [-0.4, -0.2) is 65.9 Å². The third kappa shape index (κ3) is 3.38. The summed E-state index contributed by atoms with van der Waals surface area (Å²) in [6, 6.07) is 0.0365. The Kier molecular flexibility index (Phi) is 4.48. The molecular weight excluding hydrogens is 278 g/mol. The predicted octanol–water partition coefficient (Wildman–Crippen LogP) is -0.614. The van der Waals surface area contributed by atoms with E-state index in [1.165, 1.54) is 10.6 Å². The van der Waals surface area contributed by atoms with E-state index >= 15 is 0 Å². The number of hydrogen-bond acceptors (Lipinski definition) is 5. The predicted molar refractivity (Wildman–Crippen MR) is 77.6 cm³/mol. The van der Waals surface area contributed by atoms with Gasteiger partial charge in [-0.2, -0.15) is 9.40 Å². The molecule has 1 aliphatic rings. The molecule has 1 aromatic rings. The fourth-order valence-electron chi connectivity index (χ4n) is 2.75. The summed E-state index contributed by atoms with van der Waals surface area (Å²) in [4.78, 5) is 2.24. The molecule has 0 spiro atoms. The Balaban J connectivity index is 2.10. The second kappa shape index (κ2) is 5.80. The van der Waals surface area contributed by atoms with E-state index in [0.29, 0.717) is 26.2 Å². The number of hydrogen-bond donors (Lipinski definition) is 1. The largest absolute Gasteiger partial charge is 0.326 e. The molecule has 1 saturated heterocycles. The van der Waals surface area contributed by atoms with Crippen molar-refractivity contribution in [3.8, 4) is 0 Å². The highest BCUT2D eigenvalue weighted by molar-refractivity contribution is 7.88. The molecule has 1 fully saturated rings. The van der Waals surface area contributed by atoms with E-state index in [9.17, 15) is 8.42 Å². The van der Waals surface area contributed by atoms with Gasteiger partial charge in [0.2, 0.25) is 10.0 Å². The standard InChI is InChI=1S/C12H23N5O2S/c1-10(13)12(11-8-14-15(2)9-11)16-4-6-17(7-5-16)20(3,18)19/h8-10,12H,4-7,13H2,1-3H3. The lowest BCUT2D eigenvalue weighted by molar-refractivity contribution is 0.124. The van der Waals surface area contributed by atoms with E-state index in [0.717, 1.165) is 5.56 Å². The summed E-state index contributed by atoms with van der Waals surface area (Å²) in [7, 11) is -1.22. The van der Waals surface area contributed by atoms with Crippen LogP contribution in [0.4, 0.5) is 0 Å². The zero-order valence-corrected chi connectivity index (χ0v) is 13.0. The third-order valence-corrected chi connectivity index (χ3v) is 5.00. The highest BCUT2D eigenvalue weighted by atomic mass is 32.2. The fourth-order valence-corrected chi connectivity index (χ4v) is 3.58. The van der Waals surface area contributed by atoms with Crippen molar-refractivity contribution in [3.63, 3.8) is 0 Å². The van der Waals surface area contributed by atoms with Gasteiger partial charge < -0.3 is 5.73 Å². The number of aryl methyl sites for hydroxylation is 1. The summed E-state index contributed by atoms with van der Waals surface area (Å²) in [5, 5.41) is 4.20. The van der Waals surface area contributed by atoms with Crippen molar-refractivity contribution in [1.82, 2.24) is 19.0 Å². The lowest BCUT2D eigenvalue weighted by Gasteiger charge is -2.39. The van der Waals surface area contributed by atoms with Crippen molar-refractivity contribution >= 4 is 10.0 Å². The van der Waals surface area contributed by atoms with Crippen LogP contribution in [0.3, 0.4) is 0 Å². The third-order valence-electron chi connectivity index (χ3n) is 3.70. The number of rotatable bonds is 4. The second-order valence-electron chi connectivity index (χ2n) is 5.45. The van der Waals surface area contributed by atoms with E-state index in [1.807, 2.05) is 26.4 Å². The van der Waals surface area contributed by atoms with Crippen LogP contribution in [0.1, 0.15) is 18.5 Å². The van der Waals surface area contributed by atoms with Crippen molar-refractivity contribution in [1.29, 1.82) is 0 Å². The molecule has 1 aliphatic heterocycles. The molecular formula is C12H23N5O2S. The Bertz CT molecular complexity index is 546. The Labute approximate surface area is 120 Å². The van der Waals surface area contributed by atoms with Crippen LogP contribution < -0.4 is 5.73 Å². The lowest BCUT2D eigenvalue weighted by atomic mass is 10.0. The second-order valence-corrected chi connectivity index (χ2v) is 7.43. The van der Waals surface area contributed by atoms with Crippen LogP contribution in [0.15, 0.2) is 12.4 Å². The van der Waals surface area contributed by atoms with Gasteiger partial charge in [-0.1, -0.05) is 0 Å². The van der Waals surface area contributed by atoms with Gasteiger partial charge in [0.25, 0.3) is 0 Å². The number of nitrogens with zero attached hydrogens (tertiary/aromatic N) is 4. The molecule has 7 nitrogen and oxygen atoms in total. The highest BCUT2D eigenvalue weighted by Gasteiger charge is 2.30. The van der Waals surface area contributed by atoms with Crippen LogP contribution in [-0.2, 0) is 17.1 Å². The summed E-state index contributed by atoms with van der Waals surface area (Å²) < 4.78 is 26.4. The zero-order valence-electron chi connectivity index (χ0n) is 12.2. The normalized spacial score (nSPS) is 21.8. The first-order valence-electron chi connectivity index (χ1n) is 6.72. The van der Waals surface area contributed by atoms with Crippen molar-refractivity contribution in [2.75, 3.05) is 32.4 Å². The Hall–Kier alpha value is -0.960. The van der Waals surface area contributed by atoms with Gasteiger partial charge in [0, 0.05) is 51.0 Å². The molecule has 0 aliphatic carbocycles. The molecule has 0 radical (unpaired) electrons. The SMILES string of the molecule is CC(N)C(c1cnn(C)c1)N1CCN(S(C)(=O)=O)CC1. The van der Waals surface area contributed by atoms with Crippen LogP contribution in [0.2, 0.25) is 0 Å². The molecule has 20 heavy (non-hydrogen) atoms. The fraction of sp³-hybridized carbons (Fsp3) is 0.750. The number of sulfonamides is 1. The average Bonchev–Trinajstić information content (AvgIpc) is 2.75. The maximum Gasteiger partial charge on any atom is 0.211 e. The van der Waals surface area contributed by atoms with Crippen molar-refractivity contribution in [2.45, 2.75) is 19.0 Å². The number of nitrogens with two attached hydrogens (primary N) is 1. The van der Waals surface area contributed by atoms with E-state index in [2.05, 4.69) is 10.00 Å². The summed E-state index contributed by atoms with van der Waals surface area (Å²) in [5.74, 6) is 0. The van der Waals surface area contributed by atoms with Gasteiger partial charge in [0.15, 0.2) is 0 Å². The van der Waals surface area contributed by atoms with Crippen LogP contribution in [0.25, 0.3) is 0 Å². The van der Waals surface area contributed by atoms with Gasteiger partial charge in [-0.25, -0.2) is 8.42 Å². The Morgan fingerprint density at radius 2 is 1.90 bits per heavy atom. The molecule has 2 heterocycles. The van der Waals surface area contributed by atoms with E-state index < -0.39 is 10.0 Å². The first-order valence-corrected chi connectivity index (χ1v) is 8.57. The topological polar surface area (TPSA) is 84.5 Å². The van der Waals surface area contributed by atoms with Gasteiger partial charge in [-0.15, -0.1) is 0 Å².